The van der Waals surface area contributed by atoms with Crippen molar-refractivity contribution in [2.24, 2.45) is 0 Å². The monoisotopic (exact) mass is 281 g/mol. The van der Waals surface area contributed by atoms with Crippen LogP contribution in [0, 0.1) is 0 Å². The fourth-order valence-corrected chi connectivity index (χ4v) is 3.25. The van der Waals surface area contributed by atoms with E-state index in [4.69, 9.17) is 4.74 Å². The average molecular weight is 281 g/mol. The molecule has 0 spiro atoms. The molecule has 2 aromatic carbocycles. The molecular weight excluding hydrogens is 258 g/mol. The third kappa shape index (κ3) is 3.38. The van der Waals surface area contributed by atoms with Gasteiger partial charge in [0, 0.05) is 12.2 Å². The Balaban J connectivity index is 1.56. The predicted molar refractivity (Wildman–Crippen MR) is 88.2 cm³/mol. The van der Waals surface area contributed by atoms with Crippen molar-refractivity contribution in [2.75, 3.05) is 19.0 Å². The lowest BCUT2D eigenvalue weighted by atomic mass is 9.81. The summed E-state index contributed by atoms with van der Waals surface area (Å²) in [4.78, 5) is 0. The molecular formula is C19H23NO. The topological polar surface area (TPSA) is 21.3 Å². The van der Waals surface area contributed by atoms with Gasteiger partial charge in [-0.1, -0.05) is 24.3 Å². The molecule has 1 N–H and O–H groups in total. The summed E-state index contributed by atoms with van der Waals surface area (Å²) in [5.41, 5.74) is 4.29. The second-order valence-corrected chi connectivity index (χ2v) is 5.73. The smallest absolute Gasteiger partial charge is 0.119 e. The van der Waals surface area contributed by atoms with E-state index in [-0.39, 0.29) is 0 Å². The highest BCUT2D eigenvalue weighted by Gasteiger charge is 2.18. The molecule has 2 aromatic rings. The zero-order chi connectivity index (χ0) is 14.5. The summed E-state index contributed by atoms with van der Waals surface area (Å²) in [5, 5.41) is 3.52. The maximum atomic E-state index is 5.18. The molecule has 3 rings (SSSR count). The van der Waals surface area contributed by atoms with Crippen molar-refractivity contribution in [1.29, 1.82) is 0 Å². The molecule has 1 unspecified atom stereocenters. The highest BCUT2D eigenvalue weighted by molar-refractivity contribution is 5.46. The molecule has 1 aliphatic carbocycles. The van der Waals surface area contributed by atoms with E-state index < -0.39 is 0 Å². The summed E-state index contributed by atoms with van der Waals surface area (Å²) in [6, 6.07) is 17.1. The Morgan fingerprint density at radius 2 is 1.90 bits per heavy atom. The Hall–Kier alpha value is -1.96. The third-order valence-electron chi connectivity index (χ3n) is 4.41. The molecule has 0 bridgehead atoms. The summed E-state index contributed by atoms with van der Waals surface area (Å²) in [5.74, 6) is 1.61. The lowest BCUT2D eigenvalue weighted by Gasteiger charge is -2.25. The number of hydrogen-bond acceptors (Lipinski definition) is 2. The second kappa shape index (κ2) is 6.66. The number of aryl methyl sites for hydroxylation is 1. The summed E-state index contributed by atoms with van der Waals surface area (Å²) < 4.78 is 5.18. The molecule has 0 saturated carbocycles. The summed E-state index contributed by atoms with van der Waals surface area (Å²) in [6.45, 7) is 1.02. The zero-order valence-electron chi connectivity index (χ0n) is 12.6. The molecule has 0 fully saturated rings. The Labute approximate surface area is 127 Å². The van der Waals surface area contributed by atoms with Crippen molar-refractivity contribution in [3.05, 3.63) is 59.7 Å². The number of methoxy groups -OCH3 is 1. The predicted octanol–water partition coefficient (Wildman–Crippen LogP) is 4.62. The number of benzene rings is 2. The molecule has 0 radical (unpaired) electrons. The van der Waals surface area contributed by atoms with Crippen LogP contribution < -0.4 is 10.1 Å². The molecule has 110 valence electrons. The average Bonchev–Trinajstić information content (AvgIpc) is 2.56. The van der Waals surface area contributed by atoms with Crippen LogP contribution in [0.2, 0.25) is 0 Å². The van der Waals surface area contributed by atoms with Crippen LogP contribution in [0.3, 0.4) is 0 Å². The van der Waals surface area contributed by atoms with Crippen molar-refractivity contribution in [3.8, 4) is 5.75 Å². The van der Waals surface area contributed by atoms with Gasteiger partial charge in [-0.25, -0.2) is 0 Å². The van der Waals surface area contributed by atoms with Crippen LogP contribution >= 0.6 is 0 Å². The van der Waals surface area contributed by atoms with E-state index in [2.05, 4.69) is 41.7 Å². The minimum Gasteiger partial charge on any atom is -0.497 e. The number of rotatable bonds is 5. The van der Waals surface area contributed by atoms with E-state index in [9.17, 15) is 0 Å². The van der Waals surface area contributed by atoms with Gasteiger partial charge in [-0.3, -0.25) is 0 Å². The standard InChI is InChI=1S/C19H23NO/c1-21-18-11-9-17(10-12-18)20-14-13-16-7-4-6-15-5-2-3-8-19(15)16/h2-3,5,8-12,16,20H,4,6-7,13-14H2,1H3. The maximum Gasteiger partial charge on any atom is 0.119 e. The number of hydrogen-bond donors (Lipinski definition) is 1. The zero-order valence-corrected chi connectivity index (χ0v) is 12.6. The van der Waals surface area contributed by atoms with Gasteiger partial charge in [0.15, 0.2) is 0 Å². The number of fused-ring (bicyclic) bond motifs is 1. The molecule has 0 aromatic heterocycles. The minimum atomic E-state index is 0.709. The highest BCUT2D eigenvalue weighted by atomic mass is 16.5. The molecule has 2 nitrogen and oxygen atoms in total. The van der Waals surface area contributed by atoms with Gasteiger partial charge < -0.3 is 10.1 Å². The van der Waals surface area contributed by atoms with Gasteiger partial charge in [-0.15, -0.1) is 0 Å². The molecule has 1 atom stereocenters. The number of ether oxygens (including phenoxy) is 1. The third-order valence-corrected chi connectivity index (χ3v) is 4.41. The van der Waals surface area contributed by atoms with Gasteiger partial charge in [0.2, 0.25) is 0 Å². The van der Waals surface area contributed by atoms with E-state index in [1.165, 1.54) is 31.4 Å². The van der Waals surface area contributed by atoms with Crippen LogP contribution in [-0.2, 0) is 6.42 Å². The second-order valence-electron chi connectivity index (χ2n) is 5.73. The first kappa shape index (κ1) is 14.0. The van der Waals surface area contributed by atoms with Crippen LogP contribution in [0.25, 0.3) is 0 Å². The van der Waals surface area contributed by atoms with E-state index >= 15 is 0 Å². The van der Waals surface area contributed by atoms with Crippen molar-refractivity contribution in [1.82, 2.24) is 0 Å². The van der Waals surface area contributed by atoms with Crippen molar-refractivity contribution < 1.29 is 4.74 Å². The Morgan fingerprint density at radius 3 is 2.71 bits per heavy atom. The quantitative estimate of drug-likeness (QED) is 0.863. The minimum absolute atomic E-state index is 0.709. The first-order chi connectivity index (χ1) is 10.4. The first-order valence-electron chi connectivity index (χ1n) is 7.82. The summed E-state index contributed by atoms with van der Waals surface area (Å²) in [6.07, 6.45) is 5.09. The molecule has 0 amide bonds. The molecule has 1 aliphatic rings. The highest BCUT2D eigenvalue weighted by Crippen LogP contribution is 2.33. The van der Waals surface area contributed by atoms with Gasteiger partial charge in [0.25, 0.3) is 0 Å². The van der Waals surface area contributed by atoms with Gasteiger partial charge >= 0.3 is 0 Å². The number of anilines is 1. The molecule has 0 saturated heterocycles. The Kier molecular flexibility index (Phi) is 4.44. The fourth-order valence-electron chi connectivity index (χ4n) is 3.25. The first-order valence-corrected chi connectivity index (χ1v) is 7.82. The van der Waals surface area contributed by atoms with Crippen LogP contribution in [0.4, 0.5) is 5.69 Å². The fraction of sp³-hybridized carbons (Fsp3) is 0.368. The Morgan fingerprint density at radius 1 is 1.10 bits per heavy atom. The molecule has 0 heterocycles. The van der Waals surface area contributed by atoms with E-state index in [1.807, 2.05) is 12.1 Å². The Bertz CT molecular complexity index is 576. The maximum absolute atomic E-state index is 5.18. The SMILES string of the molecule is COc1ccc(NCCC2CCCc3ccccc32)cc1. The van der Waals surface area contributed by atoms with Gasteiger partial charge in [-0.2, -0.15) is 0 Å². The normalized spacial score (nSPS) is 17.1. The molecule has 0 aliphatic heterocycles. The van der Waals surface area contributed by atoms with Gasteiger partial charge in [-0.05, 0) is 67.0 Å². The van der Waals surface area contributed by atoms with Crippen molar-refractivity contribution >= 4 is 5.69 Å². The summed E-state index contributed by atoms with van der Waals surface area (Å²) >= 11 is 0. The number of nitrogens with one attached hydrogen (secondary N) is 1. The van der Waals surface area contributed by atoms with Gasteiger partial charge in [0.1, 0.15) is 5.75 Å². The molecule has 21 heavy (non-hydrogen) atoms. The van der Waals surface area contributed by atoms with E-state index in [0.29, 0.717) is 5.92 Å². The van der Waals surface area contributed by atoms with Crippen LogP contribution in [0.5, 0.6) is 5.75 Å². The van der Waals surface area contributed by atoms with Crippen LogP contribution in [0.15, 0.2) is 48.5 Å². The van der Waals surface area contributed by atoms with Crippen molar-refractivity contribution in [2.45, 2.75) is 31.6 Å². The molecule has 2 heteroatoms. The lowest BCUT2D eigenvalue weighted by Crippen LogP contribution is -2.13. The van der Waals surface area contributed by atoms with E-state index in [0.717, 1.165) is 12.3 Å². The van der Waals surface area contributed by atoms with Crippen molar-refractivity contribution in [3.63, 3.8) is 0 Å². The summed E-state index contributed by atoms with van der Waals surface area (Å²) in [7, 11) is 1.70. The van der Waals surface area contributed by atoms with Gasteiger partial charge in [0.05, 0.1) is 7.11 Å². The van der Waals surface area contributed by atoms with Crippen LogP contribution in [-0.4, -0.2) is 13.7 Å². The van der Waals surface area contributed by atoms with Crippen LogP contribution in [0.1, 0.15) is 36.3 Å². The lowest BCUT2D eigenvalue weighted by molar-refractivity contribution is 0.415. The largest absolute Gasteiger partial charge is 0.497 e. The van der Waals surface area contributed by atoms with E-state index in [1.54, 1.807) is 18.2 Å².